The maximum absolute atomic E-state index is 9.00. The van der Waals surface area contributed by atoms with Crippen molar-refractivity contribution in [2.75, 3.05) is 18.0 Å². The summed E-state index contributed by atoms with van der Waals surface area (Å²) in [6, 6.07) is 8.24. The molecule has 2 rings (SSSR count). The van der Waals surface area contributed by atoms with Crippen molar-refractivity contribution in [3.63, 3.8) is 0 Å². The standard InChI is InChI=1S/C16H22N2O/c1-12-8-14(7-6-13(12)9-17)18-10-15(2,3)19-16(4,5)11-18/h6-8H,10-11H2,1-5H3. The third kappa shape index (κ3) is 3.08. The Hall–Kier alpha value is -1.53. The van der Waals surface area contributed by atoms with Crippen LogP contribution in [-0.2, 0) is 4.74 Å². The summed E-state index contributed by atoms with van der Waals surface area (Å²) in [5.41, 5.74) is 2.62. The lowest BCUT2D eigenvalue weighted by molar-refractivity contribution is -0.133. The fourth-order valence-electron chi connectivity index (χ4n) is 2.94. The van der Waals surface area contributed by atoms with Crippen molar-refractivity contribution in [2.24, 2.45) is 0 Å². The van der Waals surface area contributed by atoms with E-state index in [2.05, 4.69) is 44.7 Å². The average molecular weight is 258 g/mol. The molecule has 0 N–H and O–H groups in total. The van der Waals surface area contributed by atoms with E-state index in [0.717, 1.165) is 24.2 Å². The van der Waals surface area contributed by atoms with E-state index in [4.69, 9.17) is 10.00 Å². The van der Waals surface area contributed by atoms with Gasteiger partial charge in [0, 0.05) is 18.8 Å². The fourth-order valence-corrected chi connectivity index (χ4v) is 2.94. The summed E-state index contributed by atoms with van der Waals surface area (Å²) in [6.07, 6.45) is 0. The van der Waals surface area contributed by atoms with Gasteiger partial charge in [0.15, 0.2) is 0 Å². The number of rotatable bonds is 1. The van der Waals surface area contributed by atoms with Crippen molar-refractivity contribution in [3.05, 3.63) is 29.3 Å². The Labute approximate surface area is 115 Å². The van der Waals surface area contributed by atoms with Gasteiger partial charge in [0.2, 0.25) is 0 Å². The fraction of sp³-hybridized carbons (Fsp3) is 0.562. The third-order valence-electron chi connectivity index (χ3n) is 3.39. The van der Waals surface area contributed by atoms with E-state index in [1.807, 2.05) is 19.1 Å². The Bertz CT molecular complexity index is 510. The number of nitriles is 1. The van der Waals surface area contributed by atoms with E-state index < -0.39 is 0 Å². The minimum absolute atomic E-state index is 0.163. The van der Waals surface area contributed by atoms with Crippen LogP contribution in [0.15, 0.2) is 18.2 Å². The highest BCUT2D eigenvalue weighted by Crippen LogP contribution is 2.32. The van der Waals surface area contributed by atoms with Gasteiger partial charge in [0.25, 0.3) is 0 Å². The average Bonchev–Trinajstić information content (AvgIpc) is 2.24. The molecule has 0 radical (unpaired) electrons. The van der Waals surface area contributed by atoms with Crippen LogP contribution in [0, 0.1) is 18.3 Å². The number of hydrogen-bond acceptors (Lipinski definition) is 3. The molecule has 1 aromatic carbocycles. The SMILES string of the molecule is Cc1cc(N2CC(C)(C)OC(C)(C)C2)ccc1C#N. The summed E-state index contributed by atoms with van der Waals surface area (Å²) in [5.74, 6) is 0. The molecular formula is C16H22N2O. The van der Waals surface area contributed by atoms with Gasteiger partial charge in [0.1, 0.15) is 0 Å². The number of benzene rings is 1. The molecule has 19 heavy (non-hydrogen) atoms. The van der Waals surface area contributed by atoms with Gasteiger partial charge in [-0.15, -0.1) is 0 Å². The Morgan fingerprint density at radius 1 is 1.16 bits per heavy atom. The first kappa shape index (κ1) is 13.9. The van der Waals surface area contributed by atoms with Gasteiger partial charge >= 0.3 is 0 Å². The maximum atomic E-state index is 9.00. The molecule has 0 spiro atoms. The van der Waals surface area contributed by atoms with Crippen molar-refractivity contribution in [1.82, 2.24) is 0 Å². The van der Waals surface area contributed by atoms with Crippen LogP contribution in [0.4, 0.5) is 5.69 Å². The molecule has 1 heterocycles. The van der Waals surface area contributed by atoms with Gasteiger partial charge in [-0.25, -0.2) is 0 Å². The van der Waals surface area contributed by atoms with E-state index in [-0.39, 0.29) is 11.2 Å². The molecule has 1 saturated heterocycles. The first-order chi connectivity index (χ1) is 8.72. The highest BCUT2D eigenvalue weighted by atomic mass is 16.5. The highest BCUT2D eigenvalue weighted by Gasteiger charge is 2.38. The first-order valence-corrected chi connectivity index (χ1v) is 6.68. The Kier molecular flexibility index (Phi) is 3.32. The lowest BCUT2D eigenvalue weighted by Gasteiger charge is -2.48. The van der Waals surface area contributed by atoms with Crippen LogP contribution in [0.25, 0.3) is 0 Å². The number of morpholine rings is 1. The molecule has 0 amide bonds. The molecule has 0 aliphatic carbocycles. The molecule has 102 valence electrons. The second-order valence-corrected chi connectivity index (χ2v) is 6.59. The zero-order chi connectivity index (χ0) is 14.3. The third-order valence-corrected chi connectivity index (χ3v) is 3.39. The van der Waals surface area contributed by atoms with Crippen molar-refractivity contribution in [3.8, 4) is 6.07 Å². The van der Waals surface area contributed by atoms with Crippen molar-refractivity contribution < 1.29 is 4.74 Å². The van der Waals surface area contributed by atoms with Crippen molar-refractivity contribution >= 4 is 5.69 Å². The molecule has 0 saturated carbocycles. The number of aryl methyl sites for hydroxylation is 1. The van der Waals surface area contributed by atoms with E-state index >= 15 is 0 Å². The number of hydrogen-bond donors (Lipinski definition) is 0. The molecule has 0 bridgehead atoms. The Balaban J connectivity index is 2.31. The second-order valence-electron chi connectivity index (χ2n) is 6.59. The zero-order valence-corrected chi connectivity index (χ0v) is 12.4. The van der Waals surface area contributed by atoms with Crippen LogP contribution in [0.2, 0.25) is 0 Å². The molecular weight excluding hydrogens is 236 g/mol. The van der Waals surface area contributed by atoms with E-state index in [9.17, 15) is 0 Å². The van der Waals surface area contributed by atoms with Crippen molar-refractivity contribution in [2.45, 2.75) is 45.8 Å². The zero-order valence-electron chi connectivity index (χ0n) is 12.4. The summed E-state index contributed by atoms with van der Waals surface area (Å²) in [5, 5.41) is 9.00. The highest BCUT2D eigenvalue weighted by molar-refractivity contribution is 5.54. The molecule has 1 aliphatic heterocycles. The van der Waals surface area contributed by atoms with Gasteiger partial charge in [-0.05, 0) is 58.4 Å². The molecule has 0 unspecified atom stereocenters. The largest absolute Gasteiger partial charge is 0.366 e. The maximum Gasteiger partial charge on any atom is 0.0994 e. The molecule has 3 heteroatoms. The molecule has 1 aromatic rings. The quantitative estimate of drug-likeness (QED) is 0.775. The lowest BCUT2D eigenvalue weighted by atomic mass is 9.97. The van der Waals surface area contributed by atoms with Crippen LogP contribution in [0.5, 0.6) is 0 Å². The number of ether oxygens (including phenoxy) is 1. The van der Waals surface area contributed by atoms with E-state index in [1.54, 1.807) is 0 Å². The van der Waals surface area contributed by atoms with Crippen LogP contribution in [-0.4, -0.2) is 24.3 Å². The monoisotopic (exact) mass is 258 g/mol. The van der Waals surface area contributed by atoms with Gasteiger partial charge in [-0.3, -0.25) is 0 Å². The van der Waals surface area contributed by atoms with Crippen LogP contribution < -0.4 is 4.90 Å². The summed E-state index contributed by atoms with van der Waals surface area (Å²) in [6.45, 7) is 12.2. The Morgan fingerprint density at radius 3 is 2.21 bits per heavy atom. The van der Waals surface area contributed by atoms with E-state index in [0.29, 0.717) is 0 Å². The summed E-state index contributed by atoms with van der Waals surface area (Å²) < 4.78 is 6.09. The lowest BCUT2D eigenvalue weighted by Crippen LogP contribution is -2.57. The molecule has 1 fully saturated rings. The molecule has 0 atom stereocenters. The predicted octanol–water partition coefficient (Wildman–Crippen LogP) is 3.26. The van der Waals surface area contributed by atoms with Gasteiger partial charge in [0.05, 0.1) is 22.8 Å². The van der Waals surface area contributed by atoms with Gasteiger partial charge in [-0.2, -0.15) is 5.26 Å². The summed E-state index contributed by atoms with van der Waals surface area (Å²) in [4.78, 5) is 2.34. The second kappa shape index (κ2) is 4.54. The van der Waals surface area contributed by atoms with Crippen molar-refractivity contribution in [1.29, 1.82) is 5.26 Å². The molecule has 1 aliphatic rings. The normalized spacial score (nSPS) is 20.9. The first-order valence-electron chi connectivity index (χ1n) is 6.68. The molecule has 3 nitrogen and oxygen atoms in total. The Morgan fingerprint density at radius 2 is 1.74 bits per heavy atom. The van der Waals surface area contributed by atoms with Crippen LogP contribution >= 0.6 is 0 Å². The number of nitrogens with zero attached hydrogens (tertiary/aromatic N) is 2. The van der Waals surface area contributed by atoms with Crippen LogP contribution in [0.3, 0.4) is 0 Å². The van der Waals surface area contributed by atoms with E-state index in [1.165, 1.54) is 5.69 Å². The predicted molar refractivity (Wildman–Crippen MR) is 77.4 cm³/mol. The summed E-state index contributed by atoms with van der Waals surface area (Å²) in [7, 11) is 0. The topological polar surface area (TPSA) is 36.3 Å². The minimum atomic E-state index is -0.163. The molecule has 0 aromatic heterocycles. The summed E-state index contributed by atoms with van der Waals surface area (Å²) >= 11 is 0. The number of anilines is 1. The smallest absolute Gasteiger partial charge is 0.0994 e. The minimum Gasteiger partial charge on any atom is -0.366 e. The van der Waals surface area contributed by atoms with Gasteiger partial charge in [-0.1, -0.05) is 0 Å². The van der Waals surface area contributed by atoms with Gasteiger partial charge < -0.3 is 9.64 Å². The van der Waals surface area contributed by atoms with Crippen LogP contribution in [0.1, 0.15) is 38.8 Å².